The van der Waals surface area contributed by atoms with E-state index >= 15 is 0 Å². The minimum Gasteiger partial charge on any atom is -0.494 e. The van der Waals surface area contributed by atoms with E-state index in [4.69, 9.17) is 14.6 Å². The molecule has 0 aromatic heterocycles. The molecule has 1 aromatic carbocycles. The SMILES string of the molecule is CCOc1cc(C(=O)N(CC(=O)O)C2CCOCC2)ccc1C. The van der Waals surface area contributed by atoms with Crippen LogP contribution in [-0.4, -0.2) is 54.3 Å². The van der Waals surface area contributed by atoms with E-state index in [1.165, 1.54) is 4.90 Å². The average molecular weight is 321 g/mol. The summed E-state index contributed by atoms with van der Waals surface area (Å²) in [5.41, 5.74) is 1.39. The fourth-order valence-corrected chi connectivity index (χ4v) is 2.72. The van der Waals surface area contributed by atoms with Gasteiger partial charge in [-0.1, -0.05) is 6.07 Å². The van der Waals surface area contributed by atoms with Crippen molar-refractivity contribution in [1.82, 2.24) is 4.90 Å². The van der Waals surface area contributed by atoms with Gasteiger partial charge in [-0.3, -0.25) is 9.59 Å². The van der Waals surface area contributed by atoms with Crippen LogP contribution in [0.1, 0.15) is 35.7 Å². The summed E-state index contributed by atoms with van der Waals surface area (Å²) in [7, 11) is 0. The van der Waals surface area contributed by atoms with E-state index in [1.54, 1.807) is 12.1 Å². The number of carbonyl (C=O) groups excluding carboxylic acids is 1. The molecule has 0 atom stereocenters. The monoisotopic (exact) mass is 321 g/mol. The lowest BCUT2D eigenvalue weighted by molar-refractivity contribution is -0.138. The van der Waals surface area contributed by atoms with Gasteiger partial charge in [0.25, 0.3) is 5.91 Å². The Morgan fingerprint density at radius 1 is 1.35 bits per heavy atom. The summed E-state index contributed by atoms with van der Waals surface area (Å²) in [6.07, 6.45) is 1.31. The van der Waals surface area contributed by atoms with E-state index in [2.05, 4.69) is 0 Å². The summed E-state index contributed by atoms with van der Waals surface area (Å²) in [6.45, 7) is 5.09. The Hall–Kier alpha value is -2.08. The van der Waals surface area contributed by atoms with Gasteiger partial charge in [0.2, 0.25) is 0 Å². The fourth-order valence-electron chi connectivity index (χ4n) is 2.72. The van der Waals surface area contributed by atoms with Crippen molar-refractivity contribution in [3.8, 4) is 5.75 Å². The van der Waals surface area contributed by atoms with Crippen LogP contribution in [0, 0.1) is 6.92 Å². The summed E-state index contributed by atoms with van der Waals surface area (Å²) in [4.78, 5) is 25.4. The van der Waals surface area contributed by atoms with Crippen molar-refractivity contribution in [3.05, 3.63) is 29.3 Å². The van der Waals surface area contributed by atoms with Gasteiger partial charge in [0.05, 0.1) is 6.61 Å². The molecular weight excluding hydrogens is 298 g/mol. The number of nitrogens with zero attached hydrogens (tertiary/aromatic N) is 1. The molecule has 0 unspecified atom stereocenters. The maximum Gasteiger partial charge on any atom is 0.323 e. The van der Waals surface area contributed by atoms with E-state index in [9.17, 15) is 9.59 Å². The number of carboxylic acid groups (broad SMARTS) is 1. The van der Waals surface area contributed by atoms with Crippen LogP contribution in [0.15, 0.2) is 18.2 Å². The van der Waals surface area contributed by atoms with Gasteiger partial charge < -0.3 is 19.5 Å². The van der Waals surface area contributed by atoms with Crippen LogP contribution >= 0.6 is 0 Å². The number of carboxylic acids is 1. The van der Waals surface area contributed by atoms with Crippen molar-refractivity contribution in [2.24, 2.45) is 0 Å². The molecule has 23 heavy (non-hydrogen) atoms. The molecule has 1 fully saturated rings. The first-order valence-corrected chi connectivity index (χ1v) is 7.87. The van der Waals surface area contributed by atoms with Gasteiger partial charge in [-0.05, 0) is 44.4 Å². The minimum atomic E-state index is -1.01. The maximum atomic E-state index is 12.8. The third-order valence-electron chi connectivity index (χ3n) is 3.93. The summed E-state index contributed by atoms with van der Waals surface area (Å²) in [6, 6.07) is 5.12. The van der Waals surface area contributed by atoms with Crippen LogP contribution in [0.3, 0.4) is 0 Å². The number of amides is 1. The summed E-state index contributed by atoms with van der Waals surface area (Å²) in [5, 5.41) is 9.14. The zero-order chi connectivity index (χ0) is 16.8. The highest BCUT2D eigenvalue weighted by atomic mass is 16.5. The van der Waals surface area contributed by atoms with E-state index in [0.717, 1.165) is 5.56 Å². The zero-order valence-electron chi connectivity index (χ0n) is 13.6. The Morgan fingerprint density at radius 3 is 2.65 bits per heavy atom. The molecule has 6 nitrogen and oxygen atoms in total. The van der Waals surface area contributed by atoms with Crippen molar-refractivity contribution in [1.29, 1.82) is 0 Å². The number of aryl methyl sites for hydroxylation is 1. The van der Waals surface area contributed by atoms with Crippen LogP contribution in [0.2, 0.25) is 0 Å². The first-order chi connectivity index (χ1) is 11.0. The molecular formula is C17H23NO5. The van der Waals surface area contributed by atoms with Crippen molar-refractivity contribution >= 4 is 11.9 Å². The number of ether oxygens (including phenoxy) is 2. The Morgan fingerprint density at radius 2 is 2.04 bits per heavy atom. The molecule has 0 saturated carbocycles. The third kappa shape index (κ3) is 4.45. The van der Waals surface area contributed by atoms with Gasteiger partial charge in [-0.25, -0.2) is 0 Å². The second-order valence-corrected chi connectivity index (χ2v) is 5.58. The number of rotatable bonds is 6. The quantitative estimate of drug-likeness (QED) is 0.868. The number of hydrogen-bond acceptors (Lipinski definition) is 4. The Labute approximate surface area is 136 Å². The maximum absolute atomic E-state index is 12.8. The summed E-state index contributed by atoms with van der Waals surface area (Å²) in [5.74, 6) is -0.636. The molecule has 0 radical (unpaired) electrons. The van der Waals surface area contributed by atoms with Gasteiger partial charge in [0, 0.05) is 24.8 Å². The standard InChI is InChI=1S/C17H23NO5/c1-3-23-15-10-13(5-4-12(15)2)17(21)18(11-16(19)20)14-6-8-22-9-7-14/h4-5,10,14H,3,6-9,11H2,1-2H3,(H,19,20). The minimum absolute atomic E-state index is 0.107. The van der Waals surface area contributed by atoms with Crippen LogP contribution < -0.4 is 4.74 Å². The van der Waals surface area contributed by atoms with E-state index in [1.807, 2.05) is 19.9 Å². The highest BCUT2D eigenvalue weighted by Crippen LogP contribution is 2.23. The van der Waals surface area contributed by atoms with Gasteiger partial charge in [-0.2, -0.15) is 0 Å². The predicted octanol–water partition coefficient (Wildman–Crippen LogP) is 2.10. The zero-order valence-corrected chi connectivity index (χ0v) is 13.6. The molecule has 1 amide bonds. The predicted molar refractivity (Wildman–Crippen MR) is 84.9 cm³/mol. The Kier molecular flexibility index (Phi) is 5.98. The molecule has 126 valence electrons. The van der Waals surface area contributed by atoms with Gasteiger partial charge in [0.1, 0.15) is 12.3 Å². The third-order valence-corrected chi connectivity index (χ3v) is 3.93. The van der Waals surface area contributed by atoms with Gasteiger partial charge in [0.15, 0.2) is 0 Å². The molecule has 1 aromatic rings. The highest BCUT2D eigenvalue weighted by Gasteiger charge is 2.28. The molecule has 1 aliphatic heterocycles. The van der Waals surface area contributed by atoms with Crippen molar-refractivity contribution < 1.29 is 24.2 Å². The van der Waals surface area contributed by atoms with Crippen molar-refractivity contribution in [2.75, 3.05) is 26.4 Å². The van der Waals surface area contributed by atoms with E-state index in [-0.39, 0.29) is 18.5 Å². The summed E-state index contributed by atoms with van der Waals surface area (Å²) >= 11 is 0. The average Bonchev–Trinajstić information content (AvgIpc) is 2.55. The molecule has 1 aliphatic rings. The first kappa shape index (κ1) is 17.3. The van der Waals surface area contributed by atoms with Crippen LogP contribution in [0.25, 0.3) is 0 Å². The van der Waals surface area contributed by atoms with Crippen LogP contribution in [-0.2, 0) is 9.53 Å². The number of hydrogen-bond donors (Lipinski definition) is 1. The number of carbonyl (C=O) groups is 2. The number of aliphatic carboxylic acids is 1. The molecule has 2 rings (SSSR count). The lowest BCUT2D eigenvalue weighted by Gasteiger charge is -2.33. The van der Waals surface area contributed by atoms with Crippen molar-refractivity contribution in [2.45, 2.75) is 32.7 Å². The normalized spacial score (nSPS) is 15.2. The fraction of sp³-hybridized carbons (Fsp3) is 0.529. The largest absolute Gasteiger partial charge is 0.494 e. The second kappa shape index (κ2) is 7.97. The van der Waals surface area contributed by atoms with Crippen molar-refractivity contribution in [3.63, 3.8) is 0 Å². The van der Waals surface area contributed by atoms with E-state index < -0.39 is 5.97 Å². The Balaban J connectivity index is 2.25. The topological polar surface area (TPSA) is 76.1 Å². The lowest BCUT2D eigenvalue weighted by Crippen LogP contribution is -2.46. The molecule has 1 N–H and O–H groups in total. The van der Waals surface area contributed by atoms with Crippen LogP contribution in [0.5, 0.6) is 5.75 Å². The summed E-state index contributed by atoms with van der Waals surface area (Å²) < 4.78 is 10.8. The first-order valence-electron chi connectivity index (χ1n) is 7.87. The molecule has 0 spiro atoms. The Bertz CT molecular complexity index is 566. The van der Waals surface area contributed by atoms with Gasteiger partial charge in [-0.15, -0.1) is 0 Å². The molecule has 1 saturated heterocycles. The van der Waals surface area contributed by atoms with E-state index in [0.29, 0.717) is 44.0 Å². The highest BCUT2D eigenvalue weighted by molar-refractivity contribution is 5.96. The second-order valence-electron chi connectivity index (χ2n) is 5.58. The number of benzene rings is 1. The van der Waals surface area contributed by atoms with Gasteiger partial charge >= 0.3 is 5.97 Å². The lowest BCUT2D eigenvalue weighted by atomic mass is 10.0. The van der Waals surface area contributed by atoms with Crippen LogP contribution in [0.4, 0.5) is 0 Å². The molecule has 1 heterocycles. The molecule has 0 aliphatic carbocycles. The molecule has 0 bridgehead atoms. The molecule has 6 heteroatoms. The smallest absolute Gasteiger partial charge is 0.323 e.